The van der Waals surface area contributed by atoms with Gasteiger partial charge in [0.25, 0.3) is 0 Å². The molecule has 0 saturated heterocycles. The van der Waals surface area contributed by atoms with E-state index in [0.29, 0.717) is 15.8 Å². The fraction of sp³-hybridized carbons (Fsp3) is 0.200. The Bertz CT molecular complexity index is 540. The molecule has 2 rings (SSSR count). The predicted molar refractivity (Wildman–Crippen MR) is 80.4 cm³/mol. The molecule has 0 fully saturated rings. The molecule has 0 saturated carbocycles. The Balaban J connectivity index is 2.09. The minimum absolute atomic E-state index is 0.686. The lowest BCUT2D eigenvalue weighted by Gasteiger charge is -2.09. The Morgan fingerprint density at radius 1 is 1.00 bits per heavy atom. The van der Waals surface area contributed by atoms with Crippen molar-refractivity contribution in [1.82, 2.24) is 5.32 Å². The third-order valence-corrected chi connectivity index (χ3v) is 3.24. The summed E-state index contributed by atoms with van der Waals surface area (Å²) in [5.41, 5.74) is 1.06. The van der Waals surface area contributed by atoms with Gasteiger partial charge in [0.1, 0.15) is 11.5 Å². The van der Waals surface area contributed by atoms with Crippen molar-refractivity contribution in [3.05, 3.63) is 58.1 Å². The van der Waals surface area contributed by atoms with E-state index in [9.17, 15) is 0 Å². The molecule has 0 spiro atoms. The summed E-state index contributed by atoms with van der Waals surface area (Å²) in [5.74, 6) is 1.45. The first kappa shape index (κ1) is 14.2. The van der Waals surface area contributed by atoms with Crippen molar-refractivity contribution in [2.24, 2.45) is 0 Å². The number of hydrogen-bond acceptors (Lipinski definition) is 2. The number of rotatable bonds is 5. The molecule has 19 heavy (non-hydrogen) atoms. The van der Waals surface area contributed by atoms with Gasteiger partial charge < -0.3 is 10.1 Å². The molecule has 0 bridgehead atoms. The predicted octanol–water partition coefficient (Wildman–Crippen LogP) is 4.90. The van der Waals surface area contributed by atoms with Crippen LogP contribution in [0.5, 0.6) is 11.5 Å². The second kappa shape index (κ2) is 6.80. The lowest BCUT2D eigenvalue weighted by molar-refractivity contribution is 0.482. The summed E-state index contributed by atoms with van der Waals surface area (Å²) in [4.78, 5) is 0. The smallest absolute Gasteiger partial charge is 0.128 e. The quantitative estimate of drug-likeness (QED) is 0.847. The molecule has 2 aromatic rings. The SMILES string of the molecule is CCNCc1ccc(Oc2ccc(Cl)cc2)cc1Cl. The summed E-state index contributed by atoms with van der Waals surface area (Å²) in [5, 5.41) is 4.63. The first-order valence-corrected chi connectivity index (χ1v) is 6.87. The van der Waals surface area contributed by atoms with Crippen molar-refractivity contribution in [1.29, 1.82) is 0 Å². The maximum Gasteiger partial charge on any atom is 0.128 e. The van der Waals surface area contributed by atoms with Gasteiger partial charge in [-0.3, -0.25) is 0 Å². The van der Waals surface area contributed by atoms with Crippen LogP contribution in [0.1, 0.15) is 12.5 Å². The van der Waals surface area contributed by atoms with Crippen LogP contribution in [0.15, 0.2) is 42.5 Å². The van der Waals surface area contributed by atoms with E-state index in [1.165, 1.54) is 0 Å². The Labute approximate surface area is 123 Å². The largest absolute Gasteiger partial charge is 0.457 e. The van der Waals surface area contributed by atoms with Gasteiger partial charge in [0.15, 0.2) is 0 Å². The molecule has 2 nitrogen and oxygen atoms in total. The molecule has 0 aliphatic carbocycles. The van der Waals surface area contributed by atoms with Crippen molar-refractivity contribution in [2.45, 2.75) is 13.5 Å². The molecule has 4 heteroatoms. The third kappa shape index (κ3) is 4.13. The van der Waals surface area contributed by atoms with Gasteiger partial charge in [-0.15, -0.1) is 0 Å². The topological polar surface area (TPSA) is 21.3 Å². The van der Waals surface area contributed by atoms with Crippen LogP contribution in [0.3, 0.4) is 0 Å². The van der Waals surface area contributed by atoms with Gasteiger partial charge in [0.05, 0.1) is 0 Å². The molecule has 0 aromatic heterocycles. The van der Waals surface area contributed by atoms with E-state index in [0.717, 1.165) is 24.4 Å². The summed E-state index contributed by atoms with van der Waals surface area (Å²) in [6.45, 7) is 3.74. The van der Waals surface area contributed by atoms with E-state index < -0.39 is 0 Å². The van der Waals surface area contributed by atoms with Crippen LogP contribution in [-0.4, -0.2) is 6.54 Å². The third-order valence-electron chi connectivity index (χ3n) is 2.64. The van der Waals surface area contributed by atoms with Gasteiger partial charge in [0.2, 0.25) is 0 Å². The summed E-state index contributed by atoms with van der Waals surface area (Å²) in [7, 11) is 0. The molecule has 0 unspecified atom stereocenters. The van der Waals surface area contributed by atoms with E-state index in [4.69, 9.17) is 27.9 Å². The summed E-state index contributed by atoms with van der Waals surface area (Å²) in [6.07, 6.45) is 0. The van der Waals surface area contributed by atoms with Gasteiger partial charge >= 0.3 is 0 Å². The molecular formula is C15H15Cl2NO. The molecular weight excluding hydrogens is 281 g/mol. The zero-order valence-corrected chi connectivity index (χ0v) is 12.1. The number of hydrogen-bond donors (Lipinski definition) is 1. The highest BCUT2D eigenvalue weighted by Crippen LogP contribution is 2.27. The van der Waals surface area contributed by atoms with E-state index in [-0.39, 0.29) is 0 Å². The van der Waals surface area contributed by atoms with Crippen LogP contribution in [0.25, 0.3) is 0 Å². The number of nitrogens with one attached hydrogen (secondary N) is 1. The zero-order chi connectivity index (χ0) is 13.7. The van der Waals surface area contributed by atoms with Crippen molar-refractivity contribution in [3.63, 3.8) is 0 Å². The maximum atomic E-state index is 6.22. The molecule has 0 aliphatic rings. The van der Waals surface area contributed by atoms with Crippen molar-refractivity contribution in [2.75, 3.05) is 6.54 Å². The number of halogens is 2. The fourth-order valence-electron chi connectivity index (χ4n) is 1.63. The van der Waals surface area contributed by atoms with E-state index >= 15 is 0 Å². The summed E-state index contributed by atoms with van der Waals surface area (Å²) < 4.78 is 5.71. The normalized spacial score (nSPS) is 10.5. The van der Waals surface area contributed by atoms with Crippen LogP contribution in [0.2, 0.25) is 10.0 Å². The molecule has 100 valence electrons. The fourth-order valence-corrected chi connectivity index (χ4v) is 2.00. The van der Waals surface area contributed by atoms with Crippen molar-refractivity contribution in [3.8, 4) is 11.5 Å². The van der Waals surface area contributed by atoms with E-state index in [1.54, 1.807) is 12.1 Å². The van der Waals surface area contributed by atoms with Crippen LogP contribution >= 0.6 is 23.2 Å². The molecule has 0 heterocycles. The van der Waals surface area contributed by atoms with Crippen molar-refractivity contribution < 1.29 is 4.74 Å². The highest BCUT2D eigenvalue weighted by molar-refractivity contribution is 6.31. The lowest BCUT2D eigenvalue weighted by Crippen LogP contribution is -2.11. The van der Waals surface area contributed by atoms with Crippen LogP contribution in [-0.2, 0) is 6.54 Å². The lowest BCUT2D eigenvalue weighted by atomic mass is 10.2. The van der Waals surface area contributed by atoms with E-state index in [1.807, 2.05) is 30.3 Å². The standard InChI is InChI=1S/C15H15Cl2NO/c1-2-18-10-11-3-6-14(9-15(11)17)19-13-7-4-12(16)5-8-13/h3-9,18H,2,10H2,1H3. The Morgan fingerprint density at radius 2 is 1.68 bits per heavy atom. The molecule has 1 N–H and O–H groups in total. The van der Waals surface area contributed by atoms with Gasteiger partial charge in [-0.1, -0.05) is 36.2 Å². The Morgan fingerprint density at radius 3 is 2.32 bits per heavy atom. The molecule has 2 aromatic carbocycles. The average Bonchev–Trinajstić information content (AvgIpc) is 2.41. The van der Waals surface area contributed by atoms with Crippen molar-refractivity contribution >= 4 is 23.2 Å². The summed E-state index contributed by atoms with van der Waals surface area (Å²) in [6, 6.07) is 12.9. The molecule has 0 atom stereocenters. The summed E-state index contributed by atoms with van der Waals surface area (Å²) >= 11 is 12.0. The van der Waals surface area contributed by atoms with E-state index in [2.05, 4.69) is 12.2 Å². The molecule has 0 radical (unpaired) electrons. The Hall–Kier alpha value is -1.22. The van der Waals surface area contributed by atoms with Crippen LogP contribution in [0, 0.1) is 0 Å². The Kier molecular flexibility index (Phi) is 5.08. The zero-order valence-electron chi connectivity index (χ0n) is 10.6. The average molecular weight is 296 g/mol. The second-order valence-corrected chi connectivity index (χ2v) is 4.93. The van der Waals surface area contributed by atoms with Gasteiger partial charge in [-0.2, -0.15) is 0 Å². The highest BCUT2D eigenvalue weighted by atomic mass is 35.5. The first-order valence-electron chi connectivity index (χ1n) is 6.11. The second-order valence-electron chi connectivity index (χ2n) is 4.09. The minimum atomic E-state index is 0.686. The molecule has 0 amide bonds. The highest BCUT2D eigenvalue weighted by Gasteiger charge is 2.03. The monoisotopic (exact) mass is 295 g/mol. The van der Waals surface area contributed by atoms with Crippen LogP contribution in [0.4, 0.5) is 0 Å². The minimum Gasteiger partial charge on any atom is -0.457 e. The number of benzene rings is 2. The maximum absolute atomic E-state index is 6.22. The molecule has 0 aliphatic heterocycles. The van der Waals surface area contributed by atoms with Gasteiger partial charge in [-0.05, 0) is 48.5 Å². The van der Waals surface area contributed by atoms with Gasteiger partial charge in [-0.25, -0.2) is 0 Å². The van der Waals surface area contributed by atoms with Crippen LogP contribution < -0.4 is 10.1 Å². The number of ether oxygens (including phenoxy) is 1. The van der Waals surface area contributed by atoms with Gasteiger partial charge in [0, 0.05) is 16.6 Å². The first-order chi connectivity index (χ1) is 9.19.